The van der Waals surface area contributed by atoms with Gasteiger partial charge in [0.15, 0.2) is 0 Å². The van der Waals surface area contributed by atoms with Crippen LogP contribution in [-0.4, -0.2) is 50.1 Å². The number of hydrogen-bond acceptors (Lipinski definition) is 3. The third kappa shape index (κ3) is 10.5. The Bertz CT molecular complexity index is 747. The number of aromatic carboxylic acids is 1. The van der Waals surface area contributed by atoms with E-state index in [2.05, 4.69) is 5.32 Å². The van der Waals surface area contributed by atoms with Crippen molar-refractivity contribution in [3.63, 3.8) is 0 Å². The Morgan fingerprint density at radius 2 is 1.26 bits per heavy atom. The highest BCUT2D eigenvalue weighted by atomic mass is 127. The van der Waals surface area contributed by atoms with Crippen LogP contribution in [-0.2, 0) is 0 Å². The molecule has 0 saturated carbocycles. The van der Waals surface area contributed by atoms with E-state index in [9.17, 15) is 18.4 Å². The molecule has 27 heavy (non-hydrogen) atoms. The number of amides is 1. The summed E-state index contributed by atoms with van der Waals surface area (Å²) in [5, 5.41) is 11.2. The molecule has 0 spiro atoms. The topological polar surface area (TPSA) is 69.6 Å². The summed E-state index contributed by atoms with van der Waals surface area (Å²) in [5.74, 6) is -2.19. The molecule has 5 nitrogen and oxygen atoms in total. The van der Waals surface area contributed by atoms with E-state index in [1.165, 1.54) is 29.2 Å². The maximum Gasteiger partial charge on any atom is 0.335 e. The van der Waals surface area contributed by atoms with Crippen LogP contribution < -0.4 is 5.32 Å². The Hall–Kier alpha value is -1.34. The van der Waals surface area contributed by atoms with Gasteiger partial charge < -0.3 is 15.3 Å². The van der Waals surface area contributed by atoms with E-state index < -0.39 is 11.8 Å². The zero-order chi connectivity index (χ0) is 21.1. The van der Waals surface area contributed by atoms with Crippen LogP contribution in [0.5, 0.6) is 0 Å². The first-order valence-corrected chi connectivity index (χ1v) is 9.63. The summed E-state index contributed by atoms with van der Waals surface area (Å²) in [6.07, 6.45) is 0. The fraction of sp³-hybridized carbons (Fsp3) is 0.222. The largest absolute Gasteiger partial charge is 0.478 e. The van der Waals surface area contributed by atoms with Gasteiger partial charge in [0.25, 0.3) is 5.91 Å². The van der Waals surface area contributed by atoms with E-state index in [1.807, 2.05) is 59.3 Å². The normalized spacial score (nSPS) is 9.33. The molecule has 0 radical (unpaired) electrons. The molecule has 1 amide bonds. The van der Waals surface area contributed by atoms with Crippen LogP contribution in [0.2, 0.25) is 0 Å². The fourth-order valence-electron chi connectivity index (χ4n) is 1.61. The van der Waals surface area contributed by atoms with E-state index in [-0.39, 0.29) is 17.3 Å². The molecule has 148 valence electrons. The van der Waals surface area contributed by atoms with Crippen LogP contribution in [0.25, 0.3) is 0 Å². The first-order valence-electron chi connectivity index (χ1n) is 7.47. The van der Waals surface area contributed by atoms with Crippen molar-refractivity contribution in [2.75, 3.05) is 28.2 Å². The van der Waals surface area contributed by atoms with Crippen LogP contribution >= 0.6 is 45.2 Å². The maximum absolute atomic E-state index is 12.9. The van der Waals surface area contributed by atoms with Gasteiger partial charge in [-0.3, -0.25) is 4.79 Å². The molecule has 0 fully saturated rings. The van der Waals surface area contributed by atoms with Gasteiger partial charge in [-0.25, -0.2) is 13.6 Å². The second kappa shape index (κ2) is 12.9. The van der Waals surface area contributed by atoms with Crippen molar-refractivity contribution in [1.82, 2.24) is 10.2 Å². The molecule has 2 aromatic rings. The number of carbonyl (C=O) groups is 2. The summed E-state index contributed by atoms with van der Waals surface area (Å²) < 4.78 is 26.7. The molecule has 9 heteroatoms. The van der Waals surface area contributed by atoms with Gasteiger partial charge in [-0.15, -0.1) is 0 Å². The molecule has 2 rings (SSSR count). The van der Waals surface area contributed by atoms with Gasteiger partial charge in [-0.05, 0) is 95.7 Å². The highest BCUT2D eigenvalue weighted by molar-refractivity contribution is 14.1. The van der Waals surface area contributed by atoms with Gasteiger partial charge >= 0.3 is 5.97 Å². The van der Waals surface area contributed by atoms with Gasteiger partial charge in [0.1, 0.15) is 11.6 Å². The standard InChI is InChI=1S/C9H9FINO.C7H4FIO2.C2H7N/c1-12(2)9(13)6-3-7(10)5-8(11)4-6;8-5-1-4(7(10)11)2-6(9)3-5;1-3-2/h3-5H,1-2H3;1-3H,(H,10,11);3H,1-2H3. The number of halogens is 4. The smallest absolute Gasteiger partial charge is 0.335 e. The SMILES string of the molecule is CN(C)C(=O)c1cc(F)cc(I)c1.CNC.O=C(O)c1cc(F)cc(I)c1. The second-order valence-electron chi connectivity index (χ2n) is 5.32. The minimum atomic E-state index is -1.11. The average Bonchev–Trinajstić information content (AvgIpc) is 2.53. The number of nitrogens with one attached hydrogen (secondary N) is 1. The number of benzene rings is 2. The Morgan fingerprint density at radius 3 is 1.59 bits per heavy atom. The minimum Gasteiger partial charge on any atom is -0.478 e. The molecule has 0 aliphatic carbocycles. The van der Waals surface area contributed by atoms with E-state index >= 15 is 0 Å². The van der Waals surface area contributed by atoms with Crippen LogP contribution in [0.1, 0.15) is 20.7 Å². The average molecular weight is 604 g/mol. The molecule has 0 aliphatic heterocycles. The van der Waals surface area contributed by atoms with Crippen molar-refractivity contribution in [2.24, 2.45) is 0 Å². The van der Waals surface area contributed by atoms with Crippen LogP contribution in [0.15, 0.2) is 36.4 Å². The molecule has 0 aromatic heterocycles. The minimum absolute atomic E-state index is 0.0191. The van der Waals surface area contributed by atoms with E-state index in [4.69, 9.17) is 5.11 Å². The van der Waals surface area contributed by atoms with Crippen molar-refractivity contribution < 1.29 is 23.5 Å². The van der Waals surface area contributed by atoms with Crippen molar-refractivity contribution >= 4 is 57.1 Å². The lowest BCUT2D eigenvalue weighted by molar-refractivity contribution is 0.0695. The van der Waals surface area contributed by atoms with E-state index in [0.717, 1.165) is 9.64 Å². The number of carbonyl (C=O) groups excluding carboxylic acids is 1. The number of carboxylic acids is 1. The zero-order valence-corrected chi connectivity index (χ0v) is 19.5. The van der Waals surface area contributed by atoms with Crippen molar-refractivity contribution in [3.05, 3.63) is 66.3 Å². The summed E-state index contributed by atoms with van der Waals surface area (Å²) in [5.41, 5.74) is 0.365. The summed E-state index contributed by atoms with van der Waals surface area (Å²) in [6.45, 7) is 0. The Morgan fingerprint density at radius 1 is 0.889 bits per heavy atom. The van der Waals surface area contributed by atoms with E-state index in [1.54, 1.807) is 20.2 Å². The molecule has 2 aromatic carbocycles. The lowest BCUT2D eigenvalue weighted by Gasteiger charge is -2.10. The third-order valence-electron chi connectivity index (χ3n) is 2.63. The van der Waals surface area contributed by atoms with Crippen LogP contribution in [0, 0.1) is 18.8 Å². The summed E-state index contributed by atoms with van der Waals surface area (Å²) in [6, 6.07) is 7.95. The molecule has 0 unspecified atom stereocenters. The van der Waals surface area contributed by atoms with Crippen molar-refractivity contribution in [2.45, 2.75) is 0 Å². The molecule has 0 bridgehead atoms. The molecule has 2 N–H and O–H groups in total. The maximum atomic E-state index is 12.9. The summed E-state index contributed by atoms with van der Waals surface area (Å²) in [4.78, 5) is 23.2. The van der Waals surface area contributed by atoms with Gasteiger partial charge in [0, 0.05) is 26.8 Å². The predicted molar refractivity (Wildman–Crippen MR) is 118 cm³/mol. The predicted octanol–water partition coefficient (Wildman–Crippen LogP) is 4.10. The van der Waals surface area contributed by atoms with Gasteiger partial charge in [-0.2, -0.15) is 0 Å². The Balaban J connectivity index is 0.000000442. The lowest BCUT2D eigenvalue weighted by Crippen LogP contribution is -2.21. The number of hydrogen-bond donors (Lipinski definition) is 2. The molecular formula is C18H20F2I2N2O3. The van der Waals surface area contributed by atoms with Gasteiger partial charge in [0.05, 0.1) is 5.56 Å². The quantitative estimate of drug-likeness (QED) is 0.508. The summed E-state index contributed by atoms with van der Waals surface area (Å²) in [7, 11) is 7.03. The highest BCUT2D eigenvalue weighted by Gasteiger charge is 2.09. The first-order chi connectivity index (χ1) is 12.5. The Labute approximate surface area is 184 Å². The fourth-order valence-corrected chi connectivity index (χ4v) is 2.88. The number of rotatable bonds is 2. The highest BCUT2D eigenvalue weighted by Crippen LogP contribution is 2.12. The monoisotopic (exact) mass is 604 g/mol. The second-order valence-corrected chi connectivity index (χ2v) is 7.81. The van der Waals surface area contributed by atoms with Crippen molar-refractivity contribution in [3.8, 4) is 0 Å². The Kier molecular flexibility index (Phi) is 12.3. The lowest BCUT2D eigenvalue weighted by atomic mass is 10.2. The molecule has 0 saturated heterocycles. The number of carboxylic acid groups (broad SMARTS) is 1. The van der Waals surface area contributed by atoms with Crippen molar-refractivity contribution in [1.29, 1.82) is 0 Å². The molecule has 0 atom stereocenters. The molecular weight excluding hydrogens is 584 g/mol. The third-order valence-corrected chi connectivity index (χ3v) is 3.87. The number of nitrogens with zero attached hydrogens (tertiary/aromatic N) is 1. The van der Waals surface area contributed by atoms with E-state index in [0.29, 0.717) is 9.13 Å². The summed E-state index contributed by atoms with van der Waals surface area (Å²) >= 11 is 3.84. The van der Waals surface area contributed by atoms with Crippen LogP contribution in [0.3, 0.4) is 0 Å². The van der Waals surface area contributed by atoms with Crippen LogP contribution in [0.4, 0.5) is 8.78 Å². The molecule has 0 heterocycles. The van der Waals surface area contributed by atoms with Gasteiger partial charge in [-0.1, -0.05) is 0 Å². The first kappa shape index (κ1) is 25.7. The van der Waals surface area contributed by atoms with Gasteiger partial charge in [0.2, 0.25) is 0 Å². The zero-order valence-electron chi connectivity index (χ0n) is 15.2. The molecule has 0 aliphatic rings.